The van der Waals surface area contributed by atoms with Gasteiger partial charge in [-0.25, -0.2) is 14.3 Å². The van der Waals surface area contributed by atoms with Gasteiger partial charge in [0.1, 0.15) is 11.6 Å². The van der Waals surface area contributed by atoms with E-state index in [1.165, 1.54) is 28.5 Å². The van der Waals surface area contributed by atoms with Gasteiger partial charge < -0.3 is 4.74 Å². The SMILES string of the molecule is Cn1c(SCCCOc2ccc(F)cc2)n[nH]c1=O. The maximum absolute atomic E-state index is 12.7. The maximum atomic E-state index is 12.7. The molecule has 0 fully saturated rings. The van der Waals surface area contributed by atoms with Gasteiger partial charge in [-0.3, -0.25) is 4.57 Å². The van der Waals surface area contributed by atoms with Crippen molar-refractivity contribution >= 4 is 11.8 Å². The van der Waals surface area contributed by atoms with Crippen LogP contribution in [0.3, 0.4) is 0 Å². The predicted octanol–water partition coefficient (Wildman–Crippen LogP) is 1.81. The van der Waals surface area contributed by atoms with Gasteiger partial charge in [0.05, 0.1) is 6.61 Å². The van der Waals surface area contributed by atoms with Gasteiger partial charge in [0.2, 0.25) is 0 Å². The number of rotatable bonds is 6. The Bertz CT molecular complexity index is 579. The number of ether oxygens (including phenoxy) is 1. The fourth-order valence-corrected chi connectivity index (χ4v) is 2.24. The number of H-pyrrole nitrogens is 1. The molecule has 1 heterocycles. The van der Waals surface area contributed by atoms with Crippen molar-refractivity contribution < 1.29 is 9.13 Å². The lowest BCUT2D eigenvalue weighted by Crippen LogP contribution is -2.13. The van der Waals surface area contributed by atoms with Gasteiger partial charge in [-0.2, -0.15) is 0 Å². The van der Waals surface area contributed by atoms with Crippen molar-refractivity contribution in [2.45, 2.75) is 11.6 Å². The third-order valence-electron chi connectivity index (χ3n) is 2.44. The van der Waals surface area contributed by atoms with Crippen LogP contribution in [0.15, 0.2) is 34.2 Å². The molecule has 2 aromatic rings. The number of hydrogen-bond acceptors (Lipinski definition) is 4. The van der Waals surface area contributed by atoms with Crippen LogP contribution >= 0.6 is 11.8 Å². The van der Waals surface area contributed by atoms with Crippen molar-refractivity contribution in [3.8, 4) is 5.75 Å². The lowest BCUT2D eigenvalue weighted by molar-refractivity contribution is 0.318. The van der Waals surface area contributed by atoms with E-state index >= 15 is 0 Å². The Morgan fingerprint density at radius 1 is 1.42 bits per heavy atom. The molecule has 5 nitrogen and oxygen atoms in total. The first-order valence-electron chi connectivity index (χ1n) is 5.79. The standard InChI is InChI=1S/C12H14FN3O2S/c1-16-11(17)14-15-12(16)19-8-2-7-18-10-5-3-9(13)4-6-10/h3-6H,2,7-8H2,1H3,(H,14,17). The molecular formula is C12H14FN3O2S. The molecular weight excluding hydrogens is 269 g/mol. The van der Waals surface area contributed by atoms with Crippen LogP contribution in [0, 0.1) is 5.82 Å². The van der Waals surface area contributed by atoms with Crippen molar-refractivity contribution in [1.82, 2.24) is 14.8 Å². The molecule has 0 radical (unpaired) electrons. The summed E-state index contributed by atoms with van der Waals surface area (Å²) in [7, 11) is 1.67. The molecule has 19 heavy (non-hydrogen) atoms. The summed E-state index contributed by atoms with van der Waals surface area (Å²) < 4.78 is 19.6. The van der Waals surface area contributed by atoms with Gasteiger partial charge in [-0.1, -0.05) is 11.8 Å². The summed E-state index contributed by atoms with van der Waals surface area (Å²) in [5, 5.41) is 6.92. The molecule has 0 bridgehead atoms. The van der Waals surface area contributed by atoms with Crippen LogP contribution in [-0.2, 0) is 7.05 Å². The number of thioether (sulfide) groups is 1. The number of halogens is 1. The first kappa shape index (κ1) is 13.7. The molecule has 2 rings (SSSR count). The molecule has 1 aromatic carbocycles. The van der Waals surface area contributed by atoms with Gasteiger partial charge in [-0.05, 0) is 30.7 Å². The molecule has 0 aliphatic carbocycles. The minimum Gasteiger partial charge on any atom is -0.494 e. The van der Waals surface area contributed by atoms with E-state index in [4.69, 9.17) is 4.74 Å². The number of hydrogen-bond donors (Lipinski definition) is 1. The van der Waals surface area contributed by atoms with Gasteiger partial charge in [-0.15, -0.1) is 5.10 Å². The summed E-state index contributed by atoms with van der Waals surface area (Å²) in [6, 6.07) is 5.92. The van der Waals surface area contributed by atoms with E-state index in [1.807, 2.05) is 0 Å². The second-order valence-corrected chi connectivity index (χ2v) is 4.94. The van der Waals surface area contributed by atoms with E-state index in [-0.39, 0.29) is 11.5 Å². The monoisotopic (exact) mass is 283 g/mol. The first-order chi connectivity index (χ1) is 9.16. The normalized spacial score (nSPS) is 10.6. The molecule has 1 N–H and O–H groups in total. The van der Waals surface area contributed by atoms with E-state index in [9.17, 15) is 9.18 Å². The highest BCUT2D eigenvalue weighted by Crippen LogP contribution is 2.14. The second-order valence-electron chi connectivity index (χ2n) is 3.87. The van der Waals surface area contributed by atoms with Crippen molar-refractivity contribution in [3.63, 3.8) is 0 Å². The third-order valence-corrected chi connectivity index (χ3v) is 3.56. The number of nitrogens with one attached hydrogen (secondary N) is 1. The molecule has 0 amide bonds. The Morgan fingerprint density at radius 2 is 2.16 bits per heavy atom. The van der Waals surface area contributed by atoms with Crippen LogP contribution in [-0.4, -0.2) is 27.1 Å². The van der Waals surface area contributed by atoms with E-state index in [2.05, 4.69) is 10.2 Å². The Balaban J connectivity index is 1.69. The molecule has 0 aliphatic rings. The van der Waals surface area contributed by atoms with Crippen LogP contribution in [0.2, 0.25) is 0 Å². The molecule has 1 aromatic heterocycles. The van der Waals surface area contributed by atoms with Crippen molar-refractivity contribution in [3.05, 3.63) is 40.6 Å². The summed E-state index contributed by atoms with van der Waals surface area (Å²) in [6.45, 7) is 0.539. The zero-order chi connectivity index (χ0) is 13.7. The van der Waals surface area contributed by atoms with Crippen LogP contribution in [0.1, 0.15) is 6.42 Å². The minimum absolute atomic E-state index is 0.218. The number of aromatic amines is 1. The van der Waals surface area contributed by atoms with Crippen molar-refractivity contribution in [1.29, 1.82) is 0 Å². The minimum atomic E-state index is -0.276. The summed E-state index contributed by atoms with van der Waals surface area (Å²) in [5.74, 6) is 1.17. The van der Waals surface area contributed by atoms with Crippen LogP contribution < -0.4 is 10.4 Å². The average molecular weight is 283 g/mol. The molecule has 0 unspecified atom stereocenters. The summed E-state index contributed by atoms with van der Waals surface area (Å²) in [5.41, 5.74) is -0.218. The van der Waals surface area contributed by atoms with Crippen molar-refractivity contribution in [2.75, 3.05) is 12.4 Å². The lowest BCUT2D eigenvalue weighted by Gasteiger charge is -2.05. The fraction of sp³-hybridized carbons (Fsp3) is 0.333. The second kappa shape index (κ2) is 6.42. The summed E-state index contributed by atoms with van der Waals surface area (Å²) in [4.78, 5) is 11.1. The average Bonchev–Trinajstić information content (AvgIpc) is 2.72. The Kier molecular flexibility index (Phi) is 4.62. The Morgan fingerprint density at radius 3 is 2.79 bits per heavy atom. The molecule has 102 valence electrons. The molecule has 0 saturated heterocycles. The van der Waals surface area contributed by atoms with E-state index in [0.717, 1.165) is 12.2 Å². The van der Waals surface area contributed by atoms with Gasteiger partial charge >= 0.3 is 5.69 Å². The Hall–Kier alpha value is -1.76. The fourth-order valence-electron chi connectivity index (χ4n) is 1.40. The van der Waals surface area contributed by atoms with Crippen molar-refractivity contribution in [2.24, 2.45) is 7.05 Å². The topological polar surface area (TPSA) is 59.9 Å². The highest BCUT2D eigenvalue weighted by atomic mass is 32.2. The maximum Gasteiger partial charge on any atom is 0.343 e. The van der Waals surface area contributed by atoms with E-state index in [1.54, 1.807) is 19.2 Å². The Labute approximate surface area is 113 Å². The van der Waals surface area contributed by atoms with Gasteiger partial charge in [0.25, 0.3) is 0 Å². The van der Waals surface area contributed by atoms with Gasteiger partial charge in [0.15, 0.2) is 5.16 Å². The molecule has 0 aliphatic heterocycles. The highest BCUT2D eigenvalue weighted by molar-refractivity contribution is 7.99. The smallest absolute Gasteiger partial charge is 0.343 e. The largest absolute Gasteiger partial charge is 0.494 e. The van der Waals surface area contributed by atoms with Crippen LogP contribution in [0.5, 0.6) is 5.75 Å². The summed E-state index contributed by atoms with van der Waals surface area (Å²) in [6.07, 6.45) is 0.809. The summed E-state index contributed by atoms with van der Waals surface area (Å²) >= 11 is 1.49. The first-order valence-corrected chi connectivity index (χ1v) is 6.78. The number of nitrogens with zero attached hydrogens (tertiary/aromatic N) is 2. The zero-order valence-electron chi connectivity index (χ0n) is 10.4. The van der Waals surface area contributed by atoms with E-state index < -0.39 is 0 Å². The van der Waals surface area contributed by atoms with Crippen LogP contribution in [0.4, 0.5) is 4.39 Å². The quantitative estimate of drug-likeness (QED) is 0.649. The molecule has 0 saturated carbocycles. The van der Waals surface area contributed by atoms with Gasteiger partial charge in [0, 0.05) is 12.8 Å². The number of aromatic nitrogens is 3. The zero-order valence-corrected chi connectivity index (χ0v) is 11.2. The highest BCUT2D eigenvalue weighted by Gasteiger charge is 2.04. The number of benzene rings is 1. The molecule has 0 atom stereocenters. The van der Waals surface area contributed by atoms with E-state index in [0.29, 0.717) is 17.5 Å². The molecule has 0 spiro atoms. The lowest BCUT2D eigenvalue weighted by atomic mass is 10.3. The van der Waals surface area contributed by atoms with Crippen LogP contribution in [0.25, 0.3) is 0 Å². The molecule has 7 heteroatoms. The third kappa shape index (κ3) is 3.85. The predicted molar refractivity (Wildman–Crippen MR) is 71.1 cm³/mol.